The Hall–Kier alpha value is -1.66. The average Bonchev–Trinajstić information content (AvgIpc) is 3.18. The SMILES string of the molecule is CCCC/C=C\CCCCCCCC(=O)OC(CCCCC/C=C\CCCCC)CC(=O)NC(CO)C(O)CCCCCCCCCCCCCCCCC. The molecule has 0 saturated heterocycles. The van der Waals surface area contributed by atoms with Gasteiger partial charge in [-0.3, -0.25) is 9.59 Å². The molecule has 3 unspecified atom stereocenters. The predicted octanol–water partition coefficient (Wildman–Crippen LogP) is 14.0. The van der Waals surface area contributed by atoms with E-state index >= 15 is 0 Å². The lowest BCUT2D eigenvalue weighted by Crippen LogP contribution is -2.46. The van der Waals surface area contributed by atoms with Gasteiger partial charge in [0, 0.05) is 6.42 Å². The molecule has 0 fully saturated rings. The first-order chi connectivity index (χ1) is 27.0. The van der Waals surface area contributed by atoms with Crippen LogP contribution in [-0.2, 0) is 14.3 Å². The Kier molecular flexibility index (Phi) is 42.2. The molecule has 0 aromatic carbocycles. The highest BCUT2D eigenvalue weighted by Gasteiger charge is 2.24. The van der Waals surface area contributed by atoms with E-state index in [0.29, 0.717) is 19.3 Å². The zero-order chi connectivity index (χ0) is 40.3. The molecule has 324 valence electrons. The fourth-order valence-electron chi connectivity index (χ4n) is 7.29. The van der Waals surface area contributed by atoms with Gasteiger partial charge in [-0.05, 0) is 70.6 Å². The van der Waals surface area contributed by atoms with Gasteiger partial charge >= 0.3 is 5.97 Å². The molecule has 0 spiro atoms. The minimum Gasteiger partial charge on any atom is -0.462 e. The van der Waals surface area contributed by atoms with Gasteiger partial charge in [-0.15, -0.1) is 0 Å². The number of rotatable bonds is 43. The van der Waals surface area contributed by atoms with Crippen molar-refractivity contribution < 1.29 is 24.5 Å². The number of ether oxygens (including phenoxy) is 1. The molecule has 3 atom stereocenters. The Labute approximate surface area is 341 Å². The Morgan fingerprint density at radius 1 is 0.509 bits per heavy atom. The number of allylic oxidation sites excluding steroid dienone is 4. The monoisotopic (exact) mass is 776 g/mol. The van der Waals surface area contributed by atoms with Crippen LogP contribution >= 0.6 is 0 Å². The minimum atomic E-state index is -0.788. The van der Waals surface area contributed by atoms with Crippen molar-refractivity contribution in [2.24, 2.45) is 0 Å². The summed E-state index contributed by atoms with van der Waals surface area (Å²) in [6.45, 7) is 6.41. The van der Waals surface area contributed by atoms with Gasteiger partial charge in [0.25, 0.3) is 0 Å². The predicted molar refractivity (Wildman–Crippen MR) is 236 cm³/mol. The summed E-state index contributed by atoms with van der Waals surface area (Å²) in [6, 6.07) is -0.702. The molecule has 6 heteroatoms. The maximum Gasteiger partial charge on any atom is 0.306 e. The van der Waals surface area contributed by atoms with Gasteiger partial charge in [0.1, 0.15) is 6.10 Å². The fourth-order valence-corrected chi connectivity index (χ4v) is 7.29. The first-order valence-corrected chi connectivity index (χ1v) is 24.1. The summed E-state index contributed by atoms with van der Waals surface area (Å²) in [5, 5.41) is 23.7. The third kappa shape index (κ3) is 39.0. The number of carbonyl (C=O) groups is 2. The molecule has 0 bridgehead atoms. The van der Waals surface area contributed by atoms with Crippen molar-refractivity contribution in [2.75, 3.05) is 6.61 Å². The largest absolute Gasteiger partial charge is 0.462 e. The van der Waals surface area contributed by atoms with E-state index in [4.69, 9.17) is 4.74 Å². The molecular formula is C49H93NO5. The lowest BCUT2D eigenvalue weighted by Gasteiger charge is -2.24. The number of hydrogen-bond acceptors (Lipinski definition) is 5. The molecule has 1 amide bonds. The molecule has 0 aliphatic heterocycles. The molecular weight excluding hydrogens is 683 g/mol. The number of unbranched alkanes of at least 4 members (excludes halogenated alkanes) is 27. The van der Waals surface area contributed by atoms with Gasteiger partial charge in [-0.1, -0.05) is 193 Å². The zero-order valence-corrected chi connectivity index (χ0v) is 36.8. The number of carbonyl (C=O) groups excluding carboxylic acids is 2. The number of amides is 1. The van der Waals surface area contributed by atoms with Crippen molar-refractivity contribution in [1.29, 1.82) is 0 Å². The highest BCUT2D eigenvalue weighted by atomic mass is 16.5. The van der Waals surface area contributed by atoms with E-state index in [1.54, 1.807) is 0 Å². The van der Waals surface area contributed by atoms with Gasteiger partial charge in [-0.2, -0.15) is 0 Å². The standard InChI is InChI=1S/C49H93NO5/c1-4-7-10-13-16-19-22-23-24-25-27-29-32-35-38-41-47(52)46(44-51)50-48(53)43-45(40-37-34-31-28-21-18-15-12-9-6-3)55-49(54)42-39-36-33-30-26-20-17-14-11-8-5-2/h14,17-18,21,45-47,51-52H,4-13,15-16,19-20,22-44H2,1-3H3,(H,50,53)/b17-14-,21-18-. The van der Waals surface area contributed by atoms with Crippen LogP contribution in [0.1, 0.15) is 252 Å². The van der Waals surface area contributed by atoms with Crippen LogP contribution in [-0.4, -0.2) is 46.9 Å². The van der Waals surface area contributed by atoms with Crippen LogP contribution in [0.5, 0.6) is 0 Å². The summed E-state index contributed by atoms with van der Waals surface area (Å²) < 4.78 is 5.88. The normalized spacial score (nSPS) is 13.5. The second-order valence-electron chi connectivity index (χ2n) is 16.5. The van der Waals surface area contributed by atoms with Crippen molar-refractivity contribution in [1.82, 2.24) is 5.32 Å². The topological polar surface area (TPSA) is 95.9 Å². The maximum atomic E-state index is 13.1. The van der Waals surface area contributed by atoms with Gasteiger partial charge in [-0.25, -0.2) is 0 Å². The molecule has 3 N–H and O–H groups in total. The van der Waals surface area contributed by atoms with Gasteiger partial charge in [0.15, 0.2) is 0 Å². The lowest BCUT2D eigenvalue weighted by atomic mass is 10.0. The smallest absolute Gasteiger partial charge is 0.306 e. The minimum absolute atomic E-state index is 0.0665. The number of nitrogens with one attached hydrogen (secondary N) is 1. The summed E-state index contributed by atoms with van der Waals surface area (Å²) >= 11 is 0. The number of aliphatic hydroxyl groups excluding tert-OH is 2. The Morgan fingerprint density at radius 2 is 0.891 bits per heavy atom. The summed E-state index contributed by atoms with van der Waals surface area (Å²) in [6.07, 6.45) is 48.1. The third-order valence-electron chi connectivity index (χ3n) is 11.0. The lowest BCUT2D eigenvalue weighted by molar-refractivity contribution is -0.151. The van der Waals surface area contributed by atoms with Crippen LogP contribution in [0.4, 0.5) is 0 Å². The second-order valence-corrected chi connectivity index (χ2v) is 16.5. The number of aliphatic hydroxyl groups is 2. The number of hydrogen-bond donors (Lipinski definition) is 3. The Morgan fingerprint density at radius 3 is 1.40 bits per heavy atom. The van der Waals surface area contributed by atoms with Crippen molar-refractivity contribution in [2.45, 2.75) is 270 Å². The third-order valence-corrected chi connectivity index (χ3v) is 11.0. The molecule has 55 heavy (non-hydrogen) atoms. The van der Waals surface area contributed by atoms with Gasteiger partial charge in [0.2, 0.25) is 5.91 Å². The summed E-state index contributed by atoms with van der Waals surface area (Å²) in [7, 11) is 0. The molecule has 0 aromatic heterocycles. The quantitative estimate of drug-likeness (QED) is 0.0326. The molecule has 0 radical (unpaired) electrons. The molecule has 0 aliphatic carbocycles. The van der Waals surface area contributed by atoms with E-state index in [0.717, 1.165) is 70.6 Å². The van der Waals surface area contributed by atoms with E-state index in [1.807, 2.05) is 0 Å². The Bertz CT molecular complexity index is 873. The molecule has 0 aromatic rings. The van der Waals surface area contributed by atoms with E-state index in [1.165, 1.54) is 135 Å². The Balaban J connectivity index is 4.50. The number of esters is 1. The van der Waals surface area contributed by atoms with Crippen LogP contribution in [0, 0.1) is 0 Å². The van der Waals surface area contributed by atoms with Crippen LogP contribution in [0.25, 0.3) is 0 Å². The summed E-state index contributed by atoms with van der Waals surface area (Å²) in [4.78, 5) is 26.0. The molecule has 0 heterocycles. The highest BCUT2D eigenvalue weighted by molar-refractivity contribution is 5.77. The average molecular weight is 776 g/mol. The molecule has 0 saturated carbocycles. The van der Waals surface area contributed by atoms with Crippen molar-refractivity contribution in [3.63, 3.8) is 0 Å². The summed E-state index contributed by atoms with van der Waals surface area (Å²) in [5.41, 5.74) is 0. The maximum absolute atomic E-state index is 13.1. The summed E-state index contributed by atoms with van der Waals surface area (Å²) in [5.74, 6) is -0.496. The first kappa shape index (κ1) is 53.3. The van der Waals surface area contributed by atoms with Gasteiger partial charge in [0.05, 0.1) is 25.2 Å². The van der Waals surface area contributed by atoms with E-state index in [9.17, 15) is 19.8 Å². The van der Waals surface area contributed by atoms with E-state index in [2.05, 4.69) is 50.4 Å². The van der Waals surface area contributed by atoms with Crippen LogP contribution < -0.4 is 5.32 Å². The van der Waals surface area contributed by atoms with E-state index < -0.39 is 18.2 Å². The highest BCUT2D eigenvalue weighted by Crippen LogP contribution is 2.17. The van der Waals surface area contributed by atoms with Crippen LogP contribution in [0.15, 0.2) is 24.3 Å². The van der Waals surface area contributed by atoms with E-state index in [-0.39, 0.29) is 24.9 Å². The molecule has 6 nitrogen and oxygen atoms in total. The van der Waals surface area contributed by atoms with Crippen molar-refractivity contribution in [3.05, 3.63) is 24.3 Å². The first-order valence-electron chi connectivity index (χ1n) is 24.1. The zero-order valence-electron chi connectivity index (χ0n) is 36.8. The van der Waals surface area contributed by atoms with Crippen LogP contribution in [0.3, 0.4) is 0 Å². The molecule has 0 aliphatic rings. The van der Waals surface area contributed by atoms with Crippen molar-refractivity contribution >= 4 is 11.9 Å². The fraction of sp³-hybridized carbons (Fsp3) is 0.878. The van der Waals surface area contributed by atoms with Gasteiger partial charge < -0.3 is 20.3 Å². The van der Waals surface area contributed by atoms with Crippen LogP contribution in [0.2, 0.25) is 0 Å². The second kappa shape index (κ2) is 43.5. The van der Waals surface area contributed by atoms with Crippen molar-refractivity contribution in [3.8, 4) is 0 Å². The molecule has 0 rings (SSSR count).